The topological polar surface area (TPSA) is 54.0 Å². The number of hydrogen-bond acceptors (Lipinski definition) is 5. The van der Waals surface area contributed by atoms with Gasteiger partial charge < -0.3 is 18.9 Å². The number of ether oxygens (including phenoxy) is 4. The molecule has 2 aliphatic heterocycles. The second kappa shape index (κ2) is 3.69. The maximum absolute atomic E-state index is 11.6. The van der Waals surface area contributed by atoms with Crippen molar-refractivity contribution in [2.24, 2.45) is 0 Å². The van der Waals surface area contributed by atoms with E-state index in [0.717, 1.165) is 0 Å². The fourth-order valence-electron chi connectivity index (χ4n) is 1.88. The molecule has 2 heterocycles. The summed E-state index contributed by atoms with van der Waals surface area (Å²) in [6.07, 6.45) is 0. The number of fused-ring (bicyclic) bond motifs is 1. The van der Waals surface area contributed by atoms with Gasteiger partial charge in [0.05, 0.1) is 7.11 Å². The van der Waals surface area contributed by atoms with Gasteiger partial charge in [-0.05, 0) is 17.7 Å². The molecule has 0 bridgehead atoms. The first-order chi connectivity index (χ1) is 8.29. The smallest absolute Gasteiger partial charge is 0.342 e. The Bertz CT molecular complexity index is 518. The Hall–Kier alpha value is -2.17. The Morgan fingerprint density at radius 3 is 2.82 bits per heavy atom. The van der Waals surface area contributed by atoms with Crippen LogP contribution in [0.25, 0.3) is 5.57 Å². The normalized spacial score (nSPS) is 17.4. The predicted molar refractivity (Wildman–Crippen MR) is 57.5 cm³/mol. The zero-order valence-corrected chi connectivity index (χ0v) is 9.19. The van der Waals surface area contributed by atoms with Crippen LogP contribution in [0.5, 0.6) is 11.5 Å². The number of carbonyl (C=O) groups excluding carboxylic acids is 1. The van der Waals surface area contributed by atoms with Gasteiger partial charge in [0, 0.05) is 0 Å². The molecule has 0 amide bonds. The van der Waals surface area contributed by atoms with Crippen LogP contribution in [0, 0.1) is 0 Å². The summed E-state index contributed by atoms with van der Waals surface area (Å²) in [6.45, 7) is 0.387. The third kappa shape index (κ3) is 1.51. The monoisotopic (exact) mass is 234 g/mol. The van der Waals surface area contributed by atoms with E-state index in [0.29, 0.717) is 28.4 Å². The maximum atomic E-state index is 11.6. The Morgan fingerprint density at radius 1 is 1.18 bits per heavy atom. The molecule has 88 valence electrons. The standard InChI is InChI=1S/C12H10O5/c1-14-10-5-15-12(13)11(10)7-2-3-8-9(4-7)17-6-16-8/h2-4H,5-6H2,1H3. The molecule has 0 N–H and O–H groups in total. The summed E-state index contributed by atoms with van der Waals surface area (Å²) in [5.41, 5.74) is 1.17. The lowest BCUT2D eigenvalue weighted by Gasteiger charge is -2.03. The van der Waals surface area contributed by atoms with Gasteiger partial charge in [-0.2, -0.15) is 0 Å². The first-order valence-corrected chi connectivity index (χ1v) is 5.14. The zero-order valence-electron chi connectivity index (χ0n) is 9.19. The van der Waals surface area contributed by atoms with E-state index in [1.165, 1.54) is 7.11 Å². The van der Waals surface area contributed by atoms with Gasteiger partial charge in [0.25, 0.3) is 0 Å². The Kier molecular flexibility index (Phi) is 2.18. The number of benzene rings is 1. The van der Waals surface area contributed by atoms with Gasteiger partial charge in [-0.15, -0.1) is 0 Å². The van der Waals surface area contributed by atoms with Crippen molar-refractivity contribution in [1.29, 1.82) is 0 Å². The quantitative estimate of drug-likeness (QED) is 0.722. The van der Waals surface area contributed by atoms with Gasteiger partial charge in [0.2, 0.25) is 6.79 Å². The summed E-state index contributed by atoms with van der Waals surface area (Å²) in [6, 6.07) is 5.31. The summed E-state index contributed by atoms with van der Waals surface area (Å²) in [4.78, 5) is 11.6. The molecule has 1 aromatic rings. The highest BCUT2D eigenvalue weighted by Crippen LogP contribution is 2.36. The molecule has 0 aliphatic carbocycles. The molecule has 0 unspecified atom stereocenters. The number of methoxy groups -OCH3 is 1. The number of cyclic esters (lactones) is 1. The molecule has 2 aliphatic rings. The molecule has 3 rings (SSSR count). The first kappa shape index (κ1) is 10.0. The minimum Gasteiger partial charge on any atom is -0.497 e. The Balaban J connectivity index is 2.07. The summed E-state index contributed by atoms with van der Waals surface area (Å²) < 4.78 is 20.5. The van der Waals surface area contributed by atoms with Crippen LogP contribution in [-0.2, 0) is 14.3 Å². The average molecular weight is 234 g/mol. The Morgan fingerprint density at radius 2 is 2.00 bits per heavy atom. The highest BCUT2D eigenvalue weighted by atomic mass is 16.7. The van der Waals surface area contributed by atoms with E-state index in [9.17, 15) is 4.79 Å². The van der Waals surface area contributed by atoms with Crippen LogP contribution < -0.4 is 9.47 Å². The number of carbonyl (C=O) groups is 1. The third-order valence-electron chi connectivity index (χ3n) is 2.72. The van der Waals surface area contributed by atoms with Gasteiger partial charge >= 0.3 is 5.97 Å². The average Bonchev–Trinajstić information content (AvgIpc) is 2.93. The van der Waals surface area contributed by atoms with Crippen LogP contribution in [0.3, 0.4) is 0 Å². The SMILES string of the molecule is COC1=C(c2ccc3c(c2)OCO3)C(=O)OC1. The van der Waals surface area contributed by atoms with Gasteiger partial charge in [-0.3, -0.25) is 0 Å². The van der Waals surface area contributed by atoms with Gasteiger partial charge in [0.1, 0.15) is 17.9 Å². The van der Waals surface area contributed by atoms with E-state index < -0.39 is 0 Å². The van der Waals surface area contributed by atoms with Gasteiger partial charge in [-0.25, -0.2) is 4.79 Å². The molecule has 0 fully saturated rings. The lowest BCUT2D eigenvalue weighted by Crippen LogP contribution is -1.98. The maximum Gasteiger partial charge on any atom is 0.342 e. The molecule has 0 aromatic heterocycles. The summed E-state index contributed by atoms with van der Waals surface area (Å²) >= 11 is 0. The van der Waals surface area contributed by atoms with Crippen molar-refractivity contribution in [1.82, 2.24) is 0 Å². The second-order valence-corrected chi connectivity index (χ2v) is 3.65. The van der Waals surface area contributed by atoms with Crippen LogP contribution in [0.2, 0.25) is 0 Å². The van der Waals surface area contributed by atoms with Crippen molar-refractivity contribution in [3.8, 4) is 11.5 Å². The van der Waals surface area contributed by atoms with Crippen LogP contribution in [0.15, 0.2) is 24.0 Å². The van der Waals surface area contributed by atoms with Gasteiger partial charge in [0.15, 0.2) is 11.5 Å². The fourth-order valence-corrected chi connectivity index (χ4v) is 1.88. The molecule has 0 atom stereocenters. The Labute approximate surface area is 97.5 Å². The van der Waals surface area contributed by atoms with Crippen molar-refractivity contribution in [3.05, 3.63) is 29.5 Å². The van der Waals surface area contributed by atoms with Crippen LogP contribution >= 0.6 is 0 Å². The van der Waals surface area contributed by atoms with Crippen LogP contribution in [-0.4, -0.2) is 26.5 Å². The van der Waals surface area contributed by atoms with Crippen molar-refractivity contribution in [2.45, 2.75) is 0 Å². The number of esters is 1. The van der Waals surface area contributed by atoms with Crippen LogP contribution in [0.4, 0.5) is 0 Å². The van der Waals surface area contributed by atoms with Crippen molar-refractivity contribution in [2.75, 3.05) is 20.5 Å². The molecule has 5 heteroatoms. The highest BCUT2D eigenvalue weighted by Gasteiger charge is 2.28. The molecule has 17 heavy (non-hydrogen) atoms. The van der Waals surface area contributed by atoms with Crippen molar-refractivity contribution < 1.29 is 23.7 Å². The largest absolute Gasteiger partial charge is 0.497 e. The summed E-state index contributed by atoms with van der Waals surface area (Å²) in [5, 5.41) is 0. The van der Waals surface area contributed by atoms with Crippen molar-refractivity contribution >= 4 is 11.5 Å². The molecular formula is C12H10O5. The van der Waals surface area contributed by atoms with E-state index in [2.05, 4.69) is 0 Å². The predicted octanol–water partition coefficient (Wildman–Crippen LogP) is 1.33. The first-order valence-electron chi connectivity index (χ1n) is 5.14. The molecule has 0 saturated carbocycles. The fraction of sp³-hybridized carbons (Fsp3) is 0.250. The molecule has 0 radical (unpaired) electrons. The highest BCUT2D eigenvalue weighted by molar-refractivity contribution is 6.19. The number of hydrogen-bond donors (Lipinski definition) is 0. The lowest BCUT2D eigenvalue weighted by molar-refractivity contribution is -0.134. The zero-order chi connectivity index (χ0) is 11.8. The second-order valence-electron chi connectivity index (χ2n) is 3.65. The van der Waals surface area contributed by atoms with E-state index in [1.807, 2.05) is 0 Å². The van der Waals surface area contributed by atoms with Crippen LogP contribution in [0.1, 0.15) is 5.56 Å². The molecule has 1 aromatic carbocycles. The molecule has 5 nitrogen and oxygen atoms in total. The molecular weight excluding hydrogens is 224 g/mol. The minimum atomic E-state index is -0.374. The summed E-state index contributed by atoms with van der Waals surface area (Å²) in [5.74, 6) is 1.47. The number of rotatable bonds is 2. The van der Waals surface area contributed by atoms with Gasteiger partial charge in [-0.1, -0.05) is 6.07 Å². The third-order valence-corrected chi connectivity index (χ3v) is 2.72. The molecule has 0 saturated heterocycles. The van der Waals surface area contributed by atoms with E-state index in [4.69, 9.17) is 18.9 Å². The van der Waals surface area contributed by atoms with E-state index >= 15 is 0 Å². The van der Waals surface area contributed by atoms with E-state index in [-0.39, 0.29) is 19.4 Å². The lowest BCUT2D eigenvalue weighted by atomic mass is 10.1. The van der Waals surface area contributed by atoms with E-state index in [1.54, 1.807) is 18.2 Å². The summed E-state index contributed by atoms with van der Waals surface area (Å²) in [7, 11) is 1.52. The minimum absolute atomic E-state index is 0.180. The molecule has 0 spiro atoms. The van der Waals surface area contributed by atoms with Crippen molar-refractivity contribution in [3.63, 3.8) is 0 Å².